The maximum absolute atomic E-state index is 12.0. The van der Waals surface area contributed by atoms with Gasteiger partial charge in [-0.3, -0.25) is 0 Å². The first-order valence-corrected chi connectivity index (χ1v) is 4.74. The molecular formula is C9H6Cl2F2O3. The number of methoxy groups -OCH3 is 1. The highest BCUT2D eigenvalue weighted by Crippen LogP contribution is 2.36. The minimum Gasteiger partial charge on any atom is -0.465 e. The van der Waals surface area contributed by atoms with E-state index in [0.29, 0.717) is 0 Å². The van der Waals surface area contributed by atoms with Gasteiger partial charge in [0.05, 0.1) is 22.7 Å². The Labute approximate surface area is 99.9 Å². The normalized spacial score (nSPS) is 10.4. The van der Waals surface area contributed by atoms with Gasteiger partial charge in [0.1, 0.15) is 0 Å². The summed E-state index contributed by atoms with van der Waals surface area (Å²) in [6.45, 7) is -3.08. The Morgan fingerprint density at radius 2 is 2.00 bits per heavy atom. The molecule has 0 aliphatic heterocycles. The smallest absolute Gasteiger partial charge is 0.387 e. The van der Waals surface area contributed by atoms with Gasteiger partial charge in [0, 0.05) is 0 Å². The van der Waals surface area contributed by atoms with Crippen LogP contribution in [0, 0.1) is 0 Å². The fourth-order valence-electron chi connectivity index (χ4n) is 0.997. The molecule has 0 bridgehead atoms. The van der Waals surface area contributed by atoms with E-state index < -0.39 is 18.3 Å². The molecule has 88 valence electrons. The third kappa shape index (κ3) is 2.74. The average molecular weight is 271 g/mol. The first-order valence-electron chi connectivity index (χ1n) is 3.98. The lowest BCUT2D eigenvalue weighted by Gasteiger charge is -2.10. The van der Waals surface area contributed by atoms with Crippen LogP contribution < -0.4 is 4.74 Å². The van der Waals surface area contributed by atoms with Crippen molar-refractivity contribution >= 4 is 29.2 Å². The van der Waals surface area contributed by atoms with Crippen LogP contribution in [0.25, 0.3) is 0 Å². The number of alkyl halides is 2. The predicted octanol–water partition coefficient (Wildman–Crippen LogP) is 3.38. The molecule has 0 fully saturated rings. The predicted molar refractivity (Wildman–Crippen MR) is 54.4 cm³/mol. The molecule has 0 amide bonds. The Kier molecular flexibility index (Phi) is 4.32. The summed E-state index contributed by atoms with van der Waals surface area (Å²) in [6.07, 6.45) is 0. The van der Waals surface area contributed by atoms with Gasteiger partial charge in [-0.2, -0.15) is 8.78 Å². The van der Waals surface area contributed by atoms with Gasteiger partial charge in [0.2, 0.25) is 0 Å². The number of rotatable bonds is 3. The molecule has 7 heteroatoms. The molecular weight excluding hydrogens is 265 g/mol. The molecule has 0 aliphatic carbocycles. The summed E-state index contributed by atoms with van der Waals surface area (Å²) in [6, 6.07) is 2.48. The quantitative estimate of drug-likeness (QED) is 0.790. The molecule has 1 aromatic carbocycles. The van der Waals surface area contributed by atoms with Crippen LogP contribution in [-0.4, -0.2) is 19.7 Å². The Bertz CT molecular complexity index is 410. The fourth-order valence-corrected chi connectivity index (χ4v) is 1.53. The third-order valence-electron chi connectivity index (χ3n) is 1.66. The SMILES string of the molecule is COC(=O)c1ccc(Cl)c(OC(F)F)c1Cl. The van der Waals surface area contributed by atoms with E-state index in [4.69, 9.17) is 23.2 Å². The second-order valence-corrected chi connectivity index (χ2v) is 3.39. The number of esters is 1. The van der Waals surface area contributed by atoms with Crippen LogP contribution in [-0.2, 0) is 4.74 Å². The zero-order valence-electron chi connectivity index (χ0n) is 7.97. The number of benzene rings is 1. The number of hydrogen-bond acceptors (Lipinski definition) is 3. The van der Waals surface area contributed by atoms with Crippen LogP contribution in [0.15, 0.2) is 12.1 Å². The summed E-state index contributed by atoms with van der Waals surface area (Å²) in [4.78, 5) is 11.2. The highest BCUT2D eigenvalue weighted by molar-refractivity contribution is 6.39. The van der Waals surface area contributed by atoms with Gasteiger partial charge in [-0.15, -0.1) is 0 Å². The zero-order chi connectivity index (χ0) is 12.3. The van der Waals surface area contributed by atoms with Crippen molar-refractivity contribution in [3.63, 3.8) is 0 Å². The van der Waals surface area contributed by atoms with E-state index in [-0.39, 0.29) is 15.6 Å². The van der Waals surface area contributed by atoms with Crippen LogP contribution >= 0.6 is 23.2 Å². The van der Waals surface area contributed by atoms with E-state index in [1.165, 1.54) is 12.1 Å². The minimum atomic E-state index is -3.08. The number of carbonyl (C=O) groups excluding carboxylic acids is 1. The summed E-state index contributed by atoms with van der Waals surface area (Å²) >= 11 is 11.3. The van der Waals surface area contributed by atoms with Gasteiger partial charge in [-0.25, -0.2) is 4.79 Å². The topological polar surface area (TPSA) is 35.5 Å². The van der Waals surface area contributed by atoms with Gasteiger partial charge in [-0.05, 0) is 12.1 Å². The Balaban J connectivity index is 3.21. The van der Waals surface area contributed by atoms with E-state index in [2.05, 4.69) is 9.47 Å². The van der Waals surface area contributed by atoms with Crippen molar-refractivity contribution in [3.8, 4) is 5.75 Å². The molecule has 3 nitrogen and oxygen atoms in total. The fraction of sp³-hybridized carbons (Fsp3) is 0.222. The summed E-state index contributed by atoms with van der Waals surface area (Å²) in [5.74, 6) is -1.21. The molecule has 1 aromatic rings. The molecule has 0 heterocycles. The summed E-state index contributed by atoms with van der Waals surface area (Å²) in [5, 5.41) is -0.419. The number of ether oxygens (including phenoxy) is 2. The van der Waals surface area contributed by atoms with Crippen molar-refractivity contribution in [1.82, 2.24) is 0 Å². The lowest BCUT2D eigenvalue weighted by atomic mass is 10.2. The highest BCUT2D eigenvalue weighted by Gasteiger charge is 2.20. The van der Waals surface area contributed by atoms with Crippen molar-refractivity contribution < 1.29 is 23.0 Å². The second kappa shape index (κ2) is 5.32. The number of halogens is 4. The van der Waals surface area contributed by atoms with E-state index in [0.717, 1.165) is 7.11 Å². The minimum absolute atomic E-state index is 0.0933. The van der Waals surface area contributed by atoms with Crippen LogP contribution in [0.5, 0.6) is 5.75 Å². The first kappa shape index (κ1) is 13.0. The van der Waals surface area contributed by atoms with Crippen molar-refractivity contribution in [2.75, 3.05) is 7.11 Å². The van der Waals surface area contributed by atoms with Crippen LogP contribution in [0.1, 0.15) is 10.4 Å². The Hall–Kier alpha value is -1.07. The zero-order valence-corrected chi connectivity index (χ0v) is 9.48. The lowest BCUT2D eigenvalue weighted by Crippen LogP contribution is -2.07. The molecule has 0 radical (unpaired) electrons. The third-order valence-corrected chi connectivity index (χ3v) is 2.33. The molecule has 1 rings (SSSR count). The maximum atomic E-state index is 12.0. The van der Waals surface area contributed by atoms with Crippen molar-refractivity contribution in [2.24, 2.45) is 0 Å². The summed E-state index contributed by atoms with van der Waals surface area (Å²) in [5.41, 5.74) is -0.0933. The molecule has 0 unspecified atom stereocenters. The van der Waals surface area contributed by atoms with Crippen molar-refractivity contribution in [3.05, 3.63) is 27.7 Å². The largest absolute Gasteiger partial charge is 0.465 e. The van der Waals surface area contributed by atoms with Gasteiger partial charge in [0.25, 0.3) is 0 Å². The van der Waals surface area contributed by atoms with E-state index in [1.54, 1.807) is 0 Å². The van der Waals surface area contributed by atoms with Gasteiger partial charge >= 0.3 is 12.6 Å². The molecule has 0 spiro atoms. The molecule has 16 heavy (non-hydrogen) atoms. The molecule has 0 aliphatic rings. The average Bonchev–Trinajstić information content (AvgIpc) is 2.23. The molecule has 0 N–H and O–H groups in total. The molecule has 0 saturated heterocycles. The van der Waals surface area contributed by atoms with Crippen LogP contribution in [0.4, 0.5) is 8.78 Å². The van der Waals surface area contributed by atoms with E-state index >= 15 is 0 Å². The Morgan fingerprint density at radius 1 is 1.38 bits per heavy atom. The van der Waals surface area contributed by atoms with E-state index in [1.807, 2.05) is 0 Å². The first-order chi connectivity index (χ1) is 7.47. The lowest BCUT2D eigenvalue weighted by molar-refractivity contribution is -0.0498. The molecule has 0 saturated carbocycles. The summed E-state index contributed by atoms with van der Waals surface area (Å²) in [7, 11) is 1.14. The van der Waals surface area contributed by atoms with Gasteiger partial charge in [0.15, 0.2) is 5.75 Å². The Morgan fingerprint density at radius 3 is 2.50 bits per heavy atom. The van der Waals surface area contributed by atoms with Crippen molar-refractivity contribution in [2.45, 2.75) is 6.61 Å². The second-order valence-electron chi connectivity index (χ2n) is 2.61. The highest BCUT2D eigenvalue weighted by atomic mass is 35.5. The van der Waals surface area contributed by atoms with Crippen LogP contribution in [0.2, 0.25) is 10.0 Å². The molecule has 0 atom stereocenters. The van der Waals surface area contributed by atoms with Gasteiger partial charge < -0.3 is 9.47 Å². The van der Waals surface area contributed by atoms with Crippen molar-refractivity contribution in [1.29, 1.82) is 0 Å². The van der Waals surface area contributed by atoms with E-state index in [9.17, 15) is 13.6 Å². The monoisotopic (exact) mass is 270 g/mol. The maximum Gasteiger partial charge on any atom is 0.387 e. The molecule has 0 aromatic heterocycles. The number of carbonyl (C=O) groups is 1. The standard InChI is InChI=1S/C9H6Cl2F2O3/c1-15-8(14)4-2-3-5(10)7(6(4)11)16-9(12)13/h2-3,9H,1H3. The number of hydrogen-bond donors (Lipinski definition) is 0. The summed E-state index contributed by atoms with van der Waals surface area (Å²) < 4.78 is 32.6. The van der Waals surface area contributed by atoms with Gasteiger partial charge in [-0.1, -0.05) is 23.2 Å². The van der Waals surface area contributed by atoms with Crippen LogP contribution in [0.3, 0.4) is 0 Å².